The Morgan fingerprint density at radius 2 is 2.25 bits per heavy atom. The number of fused-ring (bicyclic) bond motifs is 1. The summed E-state index contributed by atoms with van der Waals surface area (Å²) in [5, 5.41) is 9.46. The molecule has 0 radical (unpaired) electrons. The second kappa shape index (κ2) is 4.07. The van der Waals surface area contributed by atoms with Crippen LogP contribution in [0.2, 0.25) is 0 Å². The molecule has 0 aromatic heterocycles. The van der Waals surface area contributed by atoms with Crippen LogP contribution in [0.15, 0.2) is 24.3 Å². The van der Waals surface area contributed by atoms with Gasteiger partial charge in [0.1, 0.15) is 11.9 Å². The highest BCUT2D eigenvalue weighted by atomic mass is 16.5. The summed E-state index contributed by atoms with van der Waals surface area (Å²) in [6.45, 7) is 2.74. The van der Waals surface area contributed by atoms with Gasteiger partial charge in [-0.3, -0.25) is 4.90 Å². The van der Waals surface area contributed by atoms with Crippen LogP contribution in [-0.2, 0) is 6.42 Å². The standard InChI is InChI=1S/C13H17NO2/c15-11-5-6-14(8-11)9-12-7-10-3-1-2-4-13(10)16-12/h1-4,11-12,15H,5-9H2/t11-,12?/m1/s1. The average molecular weight is 219 g/mol. The molecule has 86 valence electrons. The number of hydrogen-bond donors (Lipinski definition) is 1. The summed E-state index contributed by atoms with van der Waals surface area (Å²) >= 11 is 0. The van der Waals surface area contributed by atoms with Gasteiger partial charge in [-0.2, -0.15) is 0 Å². The summed E-state index contributed by atoms with van der Waals surface area (Å²) < 4.78 is 5.88. The first-order chi connectivity index (χ1) is 7.81. The van der Waals surface area contributed by atoms with Gasteiger partial charge in [0.15, 0.2) is 0 Å². The Morgan fingerprint density at radius 3 is 3.00 bits per heavy atom. The van der Waals surface area contributed by atoms with Gasteiger partial charge >= 0.3 is 0 Å². The predicted octanol–water partition coefficient (Wildman–Crippen LogP) is 1.06. The normalized spacial score (nSPS) is 29.1. The van der Waals surface area contributed by atoms with Crippen LogP contribution in [0, 0.1) is 0 Å². The Labute approximate surface area is 95.6 Å². The van der Waals surface area contributed by atoms with Gasteiger partial charge in [0.05, 0.1) is 6.10 Å². The summed E-state index contributed by atoms with van der Waals surface area (Å²) in [6.07, 6.45) is 2.04. The number of nitrogens with zero attached hydrogens (tertiary/aromatic N) is 1. The summed E-state index contributed by atoms with van der Waals surface area (Å²) in [5.41, 5.74) is 1.31. The molecule has 1 aromatic carbocycles. The van der Waals surface area contributed by atoms with Gasteiger partial charge in [-0.25, -0.2) is 0 Å². The smallest absolute Gasteiger partial charge is 0.123 e. The minimum atomic E-state index is -0.135. The molecule has 1 unspecified atom stereocenters. The molecule has 1 fully saturated rings. The zero-order valence-electron chi connectivity index (χ0n) is 9.30. The van der Waals surface area contributed by atoms with E-state index in [2.05, 4.69) is 17.0 Å². The van der Waals surface area contributed by atoms with E-state index >= 15 is 0 Å². The minimum absolute atomic E-state index is 0.135. The number of benzene rings is 1. The first-order valence-corrected chi connectivity index (χ1v) is 5.96. The molecule has 0 aliphatic carbocycles. The minimum Gasteiger partial charge on any atom is -0.488 e. The lowest BCUT2D eigenvalue weighted by atomic mass is 10.1. The maximum atomic E-state index is 9.46. The van der Waals surface area contributed by atoms with E-state index < -0.39 is 0 Å². The molecule has 0 bridgehead atoms. The fourth-order valence-electron chi connectivity index (χ4n) is 2.62. The molecule has 0 saturated carbocycles. The predicted molar refractivity (Wildman–Crippen MR) is 61.6 cm³/mol. The van der Waals surface area contributed by atoms with Gasteiger partial charge in [0.2, 0.25) is 0 Å². The van der Waals surface area contributed by atoms with E-state index in [9.17, 15) is 5.11 Å². The number of likely N-dealkylation sites (tertiary alicyclic amines) is 1. The van der Waals surface area contributed by atoms with Crippen LogP contribution in [0.3, 0.4) is 0 Å². The zero-order valence-corrected chi connectivity index (χ0v) is 9.30. The van der Waals surface area contributed by atoms with Crippen molar-refractivity contribution in [1.82, 2.24) is 4.90 Å². The highest BCUT2D eigenvalue weighted by molar-refractivity contribution is 5.37. The number of ether oxygens (including phenoxy) is 1. The Balaban J connectivity index is 1.60. The van der Waals surface area contributed by atoms with Gasteiger partial charge in [-0.05, 0) is 18.1 Å². The first-order valence-electron chi connectivity index (χ1n) is 5.96. The van der Waals surface area contributed by atoms with Gasteiger partial charge in [-0.1, -0.05) is 18.2 Å². The molecule has 2 aliphatic heterocycles. The summed E-state index contributed by atoms with van der Waals surface area (Å²) in [5.74, 6) is 1.03. The Bertz CT molecular complexity index is 355. The third-order valence-electron chi connectivity index (χ3n) is 3.42. The highest BCUT2D eigenvalue weighted by Gasteiger charge is 2.27. The largest absolute Gasteiger partial charge is 0.488 e. The molecule has 1 N–H and O–H groups in total. The van der Waals surface area contributed by atoms with Crippen molar-refractivity contribution in [2.45, 2.75) is 25.0 Å². The quantitative estimate of drug-likeness (QED) is 0.807. The van der Waals surface area contributed by atoms with Gasteiger partial charge in [0, 0.05) is 26.1 Å². The Morgan fingerprint density at radius 1 is 1.38 bits per heavy atom. The third kappa shape index (κ3) is 1.93. The molecule has 3 rings (SSSR count). The fourth-order valence-corrected chi connectivity index (χ4v) is 2.62. The van der Waals surface area contributed by atoms with E-state index in [-0.39, 0.29) is 12.2 Å². The van der Waals surface area contributed by atoms with Crippen LogP contribution in [-0.4, -0.2) is 41.8 Å². The lowest BCUT2D eigenvalue weighted by Crippen LogP contribution is -2.33. The van der Waals surface area contributed by atoms with Gasteiger partial charge in [-0.15, -0.1) is 0 Å². The van der Waals surface area contributed by atoms with E-state index in [1.807, 2.05) is 12.1 Å². The topological polar surface area (TPSA) is 32.7 Å². The molecular formula is C13H17NO2. The van der Waals surface area contributed by atoms with Crippen LogP contribution in [0.1, 0.15) is 12.0 Å². The Kier molecular flexibility index (Phi) is 2.58. The maximum Gasteiger partial charge on any atom is 0.123 e. The second-order valence-electron chi connectivity index (χ2n) is 4.75. The molecule has 3 nitrogen and oxygen atoms in total. The molecule has 0 spiro atoms. The number of β-amino-alcohol motifs (C(OH)–C–C–N with tert-alkyl or cyclic N) is 1. The van der Waals surface area contributed by atoms with Crippen LogP contribution in [0.4, 0.5) is 0 Å². The SMILES string of the molecule is O[C@@H]1CCN(CC2Cc3ccccc3O2)C1. The number of para-hydroxylation sites is 1. The molecule has 2 heterocycles. The molecular weight excluding hydrogens is 202 g/mol. The Hall–Kier alpha value is -1.06. The summed E-state index contributed by atoms with van der Waals surface area (Å²) in [4.78, 5) is 2.29. The number of aliphatic hydroxyl groups excluding tert-OH is 1. The van der Waals surface area contributed by atoms with Crippen molar-refractivity contribution in [2.24, 2.45) is 0 Å². The van der Waals surface area contributed by atoms with Crippen LogP contribution in [0.25, 0.3) is 0 Å². The lowest BCUT2D eigenvalue weighted by Gasteiger charge is -2.19. The van der Waals surface area contributed by atoms with Gasteiger partial charge in [0.25, 0.3) is 0 Å². The average Bonchev–Trinajstić information content (AvgIpc) is 2.84. The first kappa shape index (κ1) is 10.1. The van der Waals surface area contributed by atoms with E-state index in [0.29, 0.717) is 0 Å². The van der Waals surface area contributed by atoms with E-state index in [4.69, 9.17) is 4.74 Å². The van der Waals surface area contributed by atoms with Crippen molar-refractivity contribution in [1.29, 1.82) is 0 Å². The summed E-state index contributed by atoms with van der Waals surface area (Å²) in [6, 6.07) is 8.24. The highest BCUT2D eigenvalue weighted by Crippen LogP contribution is 2.28. The number of hydrogen-bond acceptors (Lipinski definition) is 3. The van der Waals surface area contributed by atoms with Crippen LogP contribution >= 0.6 is 0 Å². The van der Waals surface area contributed by atoms with Crippen LogP contribution in [0.5, 0.6) is 5.75 Å². The molecule has 1 saturated heterocycles. The molecule has 2 aliphatic rings. The van der Waals surface area contributed by atoms with Crippen molar-refractivity contribution >= 4 is 0 Å². The maximum absolute atomic E-state index is 9.46. The molecule has 16 heavy (non-hydrogen) atoms. The number of rotatable bonds is 2. The van der Waals surface area contributed by atoms with Crippen LogP contribution < -0.4 is 4.74 Å². The second-order valence-corrected chi connectivity index (χ2v) is 4.75. The molecule has 0 amide bonds. The number of aliphatic hydroxyl groups is 1. The lowest BCUT2D eigenvalue weighted by molar-refractivity contribution is 0.142. The van der Waals surface area contributed by atoms with Crippen molar-refractivity contribution in [3.8, 4) is 5.75 Å². The third-order valence-corrected chi connectivity index (χ3v) is 3.42. The van der Waals surface area contributed by atoms with Crippen molar-refractivity contribution in [2.75, 3.05) is 19.6 Å². The van der Waals surface area contributed by atoms with E-state index in [1.165, 1.54) is 5.56 Å². The molecule has 2 atom stereocenters. The van der Waals surface area contributed by atoms with Gasteiger partial charge < -0.3 is 9.84 Å². The van der Waals surface area contributed by atoms with Crippen molar-refractivity contribution in [3.05, 3.63) is 29.8 Å². The zero-order chi connectivity index (χ0) is 11.0. The monoisotopic (exact) mass is 219 g/mol. The molecule has 3 heteroatoms. The fraction of sp³-hybridized carbons (Fsp3) is 0.538. The summed E-state index contributed by atoms with van der Waals surface area (Å²) in [7, 11) is 0. The van der Waals surface area contributed by atoms with Crippen molar-refractivity contribution < 1.29 is 9.84 Å². The van der Waals surface area contributed by atoms with E-state index in [1.54, 1.807) is 0 Å². The molecule has 1 aromatic rings. The van der Waals surface area contributed by atoms with E-state index in [0.717, 1.165) is 38.2 Å². The van der Waals surface area contributed by atoms with Crippen molar-refractivity contribution in [3.63, 3.8) is 0 Å².